The summed E-state index contributed by atoms with van der Waals surface area (Å²) < 4.78 is 1.03. The fourth-order valence-electron chi connectivity index (χ4n) is 1.70. The molecule has 0 spiro atoms. The van der Waals surface area contributed by atoms with Crippen molar-refractivity contribution in [1.82, 2.24) is 0 Å². The number of aliphatic hydroxyl groups is 1. The lowest BCUT2D eigenvalue weighted by atomic mass is 9.87. The van der Waals surface area contributed by atoms with E-state index in [1.54, 1.807) is 0 Å². The Labute approximate surface area is 81.6 Å². The predicted molar refractivity (Wildman–Crippen MR) is 46.3 cm³/mol. The molecule has 0 aromatic heterocycles. The van der Waals surface area contributed by atoms with E-state index in [0.29, 0.717) is 0 Å². The molecule has 1 aliphatic heterocycles. The zero-order chi connectivity index (χ0) is 8.70. The van der Waals surface area contributed by atoms with Gasteiger partial charge in [0.2, 0.25) is 0 Å². The minimum absolute atomic E-state index is 0. The molecule has 1 saturated heterocycles. The second-order valence-electron chi connectivity index (χ2n) is 4.87. The SMILES string of the molecule is CC1(C)CC(O)CC[N+]1(C)C.[Cl-]. The quantitative estimate of drug-likeness (QED) is 0.442. The Kier molecular flexibility index (Phi) is 3.59. The molecule has 74 valence electrons. The van der Waals surface area contributed by atoms with Gasteiger partial charge in [-0.05, 0) is 13.8 Å². The molecular weight excluding hydrogens is 174 g/mol. The van der Waals surface area contributed by atoms with Crippen molar-refractivity contribution in [3.8, 4) is 0 Å². The number of aliphatic hydroxyl groups excluding tert-OH is 1. The highest BCUT2D eigenvalue weighted by Crippen LogP contribution is 2.31. The van der Waals surface area contributed by atoms with E-state index in [2.05, 4.69) is 27.9 Å². The first-order valence-corrected chi connectivity index (χ1v) is 4.36. The molecule has 0 aromatic rings. The summed E-state index contributed by atoms with van der Waals surface area (Å²) in [6.45, 7) is 5.55. The predicted octanol–water partition coefficient (Wildman–Crippen LogP) is -2.00. The van der Waals surface area contributed by atoms with E-state index in [4.69, 9.17) is 0 Å². The van der Waals surface area contributed by atoms with E-state index >= 15 is 0 Å². The highest BCUT2D eigenvalue weighted by molar-refractivity contribution is 4.78. The first-order chi connectivity index (χ1) is 4.85. The largest absolute Gasteiger partial charge is 1.00 e. The highest BCUT2D eigenvalue weighted by Gasteiger charge is 2.42. The Balaban J connectivity index is 0.00000121. The number of quaternary nitrogens is 1. The lowest BCUT2D eigenvalue weighted by Crippen LogP contribution is -3.00. The maximum atomic E-state index is 9.47. The highest BCUT2D eigenvalue weighted by atomic mass is 35.5. The van der Waals surface area contributed by atoms with Crippen LogP contribution in [0, 0.1) is 0 Å². The van der Waals surface area contributed by atoms with Gasteiger partial charge in [-0.1, -0.05) is 0 Å². The molecule has 0 bridgehead atoms. The number of halogens is 1. The molecule has 1 atom stereocenters. The summed E-state index contributed by atoms with van der Waals surface area (Å²) >= 11 is 0. The normalized spacial score (nSPS) is 32.2. The van der Waals surface area contributed by atoms with Crippen LogP contribution < -0.4 is 12.4 Å². The number of hydrogen-bond donors (Lipinski definition) is 1. The van der Waals surface area contributed by atoms with Crippen LogP contribution in [-0.2, 0) is 0 Å². The van der Waals surface area contributed by atoms with E-state index in [1.807, 2.05) is 0 Å². The summed E-state index contributed by atoms with van der Waals surface area (Å²) in [5.41, 5.74) is 0.234. The van der Waals surface area contributed by atoms with Gasteiger partial charge in [0, 0.05) is 12.8 Å². The van der Waals surface area contributed by atoms with Gasteiger partial charge in [-0.25, -0.2) is 0 Å². The minimum atomic E-state index is -0.0730. The second-order valence-corrected chi connectivity index (χ2v) is 4.87. The maximum absolute atomic E-state index is 9.47. The second kappa shape index (κ2) is 3.52. The average molecular weight is 194 g/mol. The van der Waals surface area contributed by atoms with Gasteiger partial charge in [0.15, 0.2) is 0 Å². The van der Waals surface area contributed by atoms with Crippen molar-refractivity contribution in [1.29, 1.82) is 0 Å². The molecule has 3 heteroatoms. The standard InChI is InChI=1S/C9H20NO.ClH/c1-9(2)7-8(11)5-6-10(9,3)4;/h8,11H,5-7H2,1-4H3;1H/q+1;/p-1. The van der Waals surface area contributed by atoms with Gasteiger partial charge in [0.1, 0.15) is 0 Å². The summed E-state index contributed by atoms with van der Waals surface area (Å²) in [5, 5.41) is 9.47. The Hall–Kier alpha value is 0.210. The first kappa shape index (κ1) is 12.2. The summed E-state index contributed by atoms with van der Waals surface area (Å²) in [4.78, 5) is 0. The van der Waals surface area contributed by atoms with E-state index in [9.17, 15) is 5.11 Å². The van der Waals surface area contributed by atoms with Crippen molar-refractivity contribution in [2.75, 3.05) is 20.6 Å². The van der Waals surface area contributed by atoms with Crippen LogP contribution in [0.2, 0.25) is 0 Å². The molecule has 0 aliphatic carbocycles. The minimum Gasteiger partial charge on any atom is -1.00 e. The topological polar surface area (TPSA) is 20.2 Å². The Morgan fingerprint density at radius 3 is 2.17 bits per heavy atom. The number of nitrogens with zero attached hydrogens (tertiary/aromatic N) is 1. The maximum Gasteiger partial charge on any atom is 0.0956 e. The van der Waals surface area contributed by atoms with Crippen LogP contribution in [-0.4, -0.2) is 41.9 Å². The lowest BCUT2D eigenvalue weighted by Gasteiger charge is -2.49. The third kappa shape index (κ3) is 2.12. The monoisotopic (exact) mass is 193 g/mol. The van der Waals surface area contributed by atoms with Gasteiger partial charge in [-0.15, -0.1) is 0 Å². The fourth-order valence-corrected chi connectivity index (χ4v) is 1.70. The molecule has 0 saturated carbocycles. The summed E-state index contributed by atoms with van der Waals surface area (Å²) in [7, 11) is 4.48. The van der Waals surface area contributed by atoms with Gasteiger partial charge in [0.05, 0.1) is 32.3 Å². The van der Waals surface area contributed by atoms with Gasteiger partial charge < -0.3 is 22.0 Å². The molecule has 2 nitrogen and oxygen atoms in total. The molecule has 0 radical (unpaired) electrons. The zero-order valence-corrected chi connectivity index (χ0v) is 9.23. The van der Waals surface area contributed by atoms with Crippen molar-refractivity contribution in [2.45, 2.75) is 38.3 Å². The van der Waals surface area contributed by atoms with Crippen LogP contribution in [0.25, 0.3) is 0 Å². The van der Waals surface area contributed by atoms with Crippen LogP contribution >= 0.6 is 0 Å². The van der Waals surface area contributed by atoms with E-state index in [0.717, 1.165) is 23.9 Å². The van der Waals surface area contributed by atoms with Gasteiger partial charge in [-0.2, -0.15) is 0 Å². The van der Waals surface area contributed by atoms with Crippen LogP contribution in [0.3, 0.4) is 0 Å². The number of piperidine rings is 1. The molecular formula is C9H20ClNO. The van der Waals surface area contributed by atoms with Crippen molar-refractivity contribution in [2.24, 2.45) is 0 Å². The van der Waals surface area contributed by atoms with Crippen LogP contribution in [0.4, 0.5) is 0 Å². The Bertz CT molecular complexity index is 157. The summed E-state index contributed by atoms with van der Waals surface area (Å²) in [5.74, 6) is 0. The molecule has 0 aromatic carbocycles. The summed E-state index contributed by atoms with van der Waals surface area (Å²) in [6, 6.07) is 0. The van der Waals surface area contributed by atoms with E-state index in [-0.39, 0.29) is 24.0 Å². The number of likely N-dealkylation sites (tertiary alicyclic amines) is 1. The van der Waals surface area contributed by atoms with Crippen molar-refractivity contribution < 1.29 is 22.0 Å². The Morgan fingerprint density at radius 2 is 1.83 bits per heavy atom. The molecule has 1 rings (SSSR count). The van der Waals surface area contributed by atoms with Gasteiger partial charge in [-0.3, -0.25) is 0 Å². The Morgan fingerprint density at radius 1 is 1.33 bits per heavy atom. The third-order valence-corrected chi connectivity index (χ3v) is 3.40. The molecule has 12 heavy (non-hydrogen) atoms. The van der Waals surface area contributed by atoms with Crippen molar-refractivity contribution in [3.63, 3.8) is 0 Å². The van der Waals surface area contributed by atoms with Crippen molar-refractivity contribution in [3.05, 3.63) is 0 Å². The lowest BCUT2D eigenvalue weighted by molar-refractivity contribution is -0.944. The molecule has 0 amide bonds. The third-order valence-electron chi connectivity index (χ3n) is 3.40. The van der Waals surface area contributed by atoms with E-state index in [1.165, 1.54) is 0 Å². The summed E-state index contributed by atoms with van der Waals surface area (Å²) in [6.07, 6.45) is 1.81. The molecule has 1 fully saturated rings. The number of rotatable bonds is 0. The molecule has 1 aliphatic rings. The molecule has 1 N–H and O–H groups in total. The van der Waals surface area contributed by atoms with E-state index < -0.39 is 0 Å². The fraction of sp³-hybridized carbons (Fsp3) is 1.00. The van der Waals surface area contributed by atoms with Crippen LogP contribution in [0.1, 0.15) is 26.7 Å². The molecule has 1 unspecified atom stereocenters. The first-order valence-electron chi connectivity index (χ1n) is 4.36. The van der Waals surface area contributed by atoms with Gasteiger partial charge in [0.25, 0.3) is 0 Å². The van der Waals surface area contributed by atoms with Crippen LogP contribution in [0.15, 0.2) is 0 Å². The number of hydrogen-bond acceptors (Lipinski definition) is 1. The van der Waals surface area contributed by atoms with Crippen molar-refractivity contribution >= 4 is 0 Å². The van der Waals surface area contributed by atoms with Crippen LogP contribution in [0.5, 0.6) is 0 Å². The molecule has 1 heterocycles. The van der Waals surface area contributed by atoms with Gasteiger partial charge >= 0.3 is 0 Å². The zero-order valence-electron chi connectivity index (χ0n) is 8.47. The smallest absolute Gasteiger partial charge is 0.0956 e. The average Bonchev–Trinajstić information content (AvgIpc) is 1.80.